The summed E-state index contributed by atoms with van der Waals surface area (Å²) >= 11 is 1.81. The monoisotopic (exact) mass is 280 g/mol. The van der Waals surface area contributed by atoms with Gasteiger partial charge in [0.05, 0.1) is 11.1 Å². The summed E-state index contributed by atoms with van der Waals surface area (Å²) < 4.78 is 0. The first-order valence-corrected chi connectivity index (χ1v) is 8.46. The maximum atomic E-state index is 10.2. The number of aliphatic hydroxyl groups is 1. The predicted molar refractivity (Wildman–Crippen MR) is 78.7 cm³/mol. The van der Waals surface area contributed by atoms with Gasteiger partial charge in [-0.25, -0.2) is 4.98 Å². The number of aliphatic hydroxyl groups excluding tert-OH is 1. The molecule has 2 atom stereocenters. The van der Waals surface area contributed by atoms with E-state index < -0.39 is 0 Å². The lowest BCUT2D eigenvalue weighted by molar-refractivity contribution is 0.00870. The Balaban J connectivity index is 1.57. The highest BCUT2D eigenvalue weighted by molar-refractivity contribution is 7.09. The molecule has 2 heterocycles. The van der Waals surface area contributed by atoms with Crippen LogP contribution in [0.1, 0.15) is 55.1 Å². The number of nitrogens with zero attached hydrogens (tertiary/aromatic N) is 2. The van der Waals surface area contributed by atoms with E-state index in [-0.39, 0.29) is 6.10 Å². The molecule has 0 aromatic carbocycles. The maximum absolute atomic E-state index is 10.2. The molecular weight excluding hydrogens is 256 g/mol. The summed E-state index contributed by atoms with van der Waals surface area (Å²) in [5.41, 5.74) is 1.16. The Bertz CT molecular complexity index is 412. The lowest BCUT2D eigenvalue weighted by Crippen LogP contribution is -2.48. The zero-order valence-electron chi connectivity index (χ0n) is 11.7. The van der Waals surface area contributed by atoms with Gasteiger partial charge in [0.2, 0.25) is 0 Å². The highest BCUT2D eigenvalue weighted by Gasteiger charge is 2.32. The van der Waals surface area contributed by atoms with Gasteiger partial charge < -0.3 is 5.11 Å². The van der Waals surface area contributed by atoms with Gasteiger partial charge in [-0.2, -0.15) is 0 Å². The number of rotatable bonds is 2. The molecule has 0 spiro atoms. The van der Waals surface area contributed by atoms with Crippen LogP contribution < -0.4 is 0 Å². The van der Waals surface area contributed by atoms with Crippen LogP contribution in [0.2, 0.25) is 0 Å². The van der Waals surface area contributed by atoms with Crippen molar-refractivity contribution < 1.29 is 5.11 Å². The van der Waals surface area contributed by atoms with Crippen molar-refractivity contribution in [1.82, 2.24) is 9.88 Å². The third kappa shape index (κ3) is 3.01. The van der Waals surface area contributed by atoms with Gasteiger partial charge >= 0.3 is 0 Å². The molecule has 106 valence electrons. The summed E-state index contributed by atoms with van der Waals surface area (Å²) in [6, 6.07) is 0.424. The molecule has 0 radical (unpaired) electrons. The quantitative estimate of drug-likeness (QED) is 0.905. The highest BCUT2D eigenvalue weighted by Crippen LogP contribution is 2.33. The van der Waals surface area contributed by atoms with Crippen molar-refractivity contribution in [2.24, 2.45) is 0 Å². The summed E-state index contributed by atoms with van der Waals surface area (Å²) in [5.74, 6) is 0.649. The lowest BCUT2D eigenvalue weighted by Gasteiger charge is -2.41. The van der Waals surface area contributed by atoms with Gasteiger partial charge in [0.15, 0.2) is 0 Å². The number of piperidine rings is 1. The second-order valence-corrected chi connectivity index (χ2v) is 6.95. The van der Waals surface area contributed by atoms with Gasteiger partial charge in [-0.15, -0.1) is 11.3 Å². The molecule has 3 nitrogen and oxygen atoms in total. The maximum Gasteiger partial charge on any atom is 0.0960 e. The first-order valence-electron chi connectivity index (χ1n) is 7.58. The van der Waals surface area contributed by atoms with Crippen molar-refractivity contribution in [3.05, 3.63) is 16.1 Å². The molecule has 3 rings (SSSR count). The zero-order valence-corrected chi connectivity index (χ0v) is 12.5. The largest absolute Gasteiger partial charge is 0.391 e. The topological polar surface area (TPSA) is 36.4 Å². The fourth-order valence-corrected chi connectivity index (χ4v) is 4.52. The van der Waals surface area contributed by atoms with Crippen LogP contribution in [-0.4, -0.2) is 40.2 Å². The van der Waals surface area contributed by atoms with E-state index in [1.165, 1.54) is 37.1 Å². The van der Waals surface area contributed by atoms with Crippen molar-refractivity contribution in [3.8, 4) is 0 Å². The molecule has 1 aliphatic heterocycles. The Morgan fingerprint density at radius 1 is 1.21 bits per heavy atom. The first-order chi connectivity index (χ1) is 9.24. The van der Waals surface area contributed by atoms with Crippen LogP contribution in [0.4, 0.5) is 0 Å². The van der Waals surface area contributed by atoms with Gasteiger partial charge in [-0.05, 0) is 45.7 Å². The standard InChI is InChI=1S/C15H24N2OS/c1-11-10-19-15(16-11)12-6-8-17(9-7-12)13-4-2-3-5-14(13)18/h10,12-14,18H,2-9H2,1H3/t13-,14-/m1/s1. The second kappa shape index (κ2) is 5.90. The molecule has 1 aromatic rings. The molecule has 0 unspecified atom stereocenters. The molecule has 1 saturated heterocycles. The summed E-state index contributed by atoms with van der Waals surface area (Å²) in [6.45, 7) is 4.34. The van der Waals surface area contributed by atoms with Crippen LogP contribution in [0, 0.1) is 6.92 Å². The molecule has 2 aliphatic rings. The second-order valence-electron chi connectivity index (χ2n) is 6.06. The van der Waals surface area contributed by atoms with Crippen LogP contribution in [0.3, 0.4) is 0 Å². The smallest absolute Gasteiger partial charge is 0.0960 e. The van der Waals surface area contributed by atoms with E-state index in [0.29, 0.717) is 12.0 Å². The number of aromatic nitrogens is 1. The van der Waals surface area contributed by atoms with E-state index in [1.807, 2.05) is 11.3 Å². The number of aryl methyl sites for hydroxylation is 1. The van der Waals surface area contributed by atoms with Crippen LogP contribution >= 0.6 is 11.3 Å². The van der Waals surface area contributed by atoms with E-state index in [4.69, 9.17) is 0 Å². The van der Waals surface area contributed by atoms with Crippen LogP contribution in [0.25, 0.3) is 0 Å². The third-order valence-electron chi connectivity index (χ3n) is 4.68. The van der Waals surface area contributed by atoms with Crippen molar-refractivity contribution in [3.63, 3.8) is 0 Å². The molecule has 4 heteroatoms. The van der Waals surface area contributed by atoms with Crippen molar-refractivity contribution in [2.45, 2.75) is 63.5 Å². The fraction of sp³-hybridized carbons (Fsp3) is 0.800. The predicted octanol–water partition coefficient (Wildman–Crippen LogP) is 2.93. The average Bonchev–Trinajstić information content (AvgIpc) is 2.86. The molecule has 1 saturated carbocycles. The minimum Gasteiger partial charge on any atom is -0.391 e. The first kappa shape index (κ1) is 13.5. The Morgan fingerprint density at radius 2 is 1.95 bits per heavy atom. The number of hydrogen-bond acceptors (Lipinski definition) is 4. The van der Waals surface area contributed by atoms with Crippen LogP contribution in [0.5, 0.6) is 0 Å². The van der Waals surface area contributed by atoms with E-state index in [2.05, 4.69) is 22.2 Å². The average molecular weight is 280 g/mol. The Labute approximate surface area is 119 Å². The van der Waals surface area contributed by atoms with Crippen molar-refractivity contribution in [1.29, 1.82) is 0 Å². The molecule has 2 fully saturated rings. The Kier molecular flexibility index (Phi) is 4.20. The van der Waals surface area contributed by atoms with Crippen molar-refractivity contribution in [2.75, 3.05) is 13.1 Å². The van der Waals surface area contributed by atoms with Gasteiger partial charge in [0.25, 0.3) is 0 Å². The van der Waals surface area contributed by atoms with E-state index in [9.17, 15) is 5.11 Å². The SMILES string of the molecule is Cc1csc(C2CCN([C@@H]3CCCC[C@H]3O)CC2)n1. The van der Waals surface area contributed by atoms with E-state index in [1.54, 1.807) is 0 Å². The van der Waals surface area contributed by atoms with Crippen LogP contribution in [-0.2, 0) is 0 Å². The van der Waals surface area contributed by atoms with Gasteiger partial charge in [-0.1, -0.05) is 12.8 Å². The van der Waals surface area contributed by atoms with E-state index >= 15 is 0 Å². The van der Waals surface area contributed by atoms with Gasteiger partial charge in [0.1, 0.15) is 0 Å². The molecule has 0 amide bonds. The summed E-state index contributed by atoms with van der Waals surface area (Å²) in [4.78, 5) is 7.17. The third-order valence-corrected chi connectivity index (χ3v) is 5.80. The molecule has 1 N–H and O–H groups in total. The van der Waals surface area contributed by atoms with Gasteiger partial charge in [-0.3, -0.25) is 4.90 Å². The lowest BCUT2D eigenvalue weighted by atomic mass is 9.88. The summed E-state index contributed by atoms with van der Waals surface area (Å²) in [6.07, 6.45) is 6.98. The normalized spacial score (nSPS) is 30.6. The zero-order chi connectivity index (χ0) is 13.2. The highest BCUT2D eigenvalue weighted by atomic mass is 32.1. The Morgan fingerprint density at radius 3 is 2.58 bits per heavy atom. The van der Waals surface area contributed by atoms with Crippen LogP contribution in [0.15, 0.2) is 5.38 Å². The minimum atomic E-state index is -0.0904. The molecular formula is C15H24N2OS. The molecule has 19 heavy (non-hydrogen) atoms. The fourth-order valence-electron chi connectivity index (χ4n) is 3.56. The number of likely N-dealkylation sites (tertiary alicyclic amines) is 1. The van der Waals surface area contributed by atoms with E-state index in [0.717, 1.165) is 25.2 Å². The summed E-state index contributed by atoms with van der Waals surface area (Å²) in [5, 5.41) is 13.6. The Hall–Kier alpha value is -0.450. The molecule has 0 bridgehead atoms. The number of hydrogen-bond donors (Lipinski definition) is 1. The summed E-state index contributed by atoms with van der Waals surface area (Å²) in [7, 11) is 0. The van der Waals surface area contributed by atoms with Gasteiger partial charge in [0, 0.05) is 23.0 Å². The molecule has 1 aromatic heterocycles. The molecule has 1 aliphatic carbocycles. The van der Waals surface area contributed by atoms with Crippen molar-refractivity contribution >= 4 is 11.3 Å². The minimum absolute atomic E-state index is 0.0904. The number of thiazole rings is 1.